The topological polar surface area (TPSA) is 751 Å². The number of rotatable bonds is 14. The molecule has 490 valence electrons. The standard InChI is InChI=1S/7C6H10O6/c7*7-1-2(8)5-3(9)4(10)6(11)12-5/h7*2-5,7-10H,1H2/t2-,3+,4+,5+;2-,3+,4+,5-;2-,3+,4-,5+;2-,3+,4-,5-;2-,3-,4+,5-;2-,3-,4-,5+;2-,3-,4-,5-/m1111111/s1. The lowest BCUT2D eigenvalue weighted by molar-refractivity contribution is -0.152. The van der Waals surface area contributed by atoms with Gasteiger partial charge < -0.3 is 176 Å². The van der Waals surface area contributed by atoms with Gasteiger partial charge in [-0.1, -0.05) is 0 Å². The number of cyclic esters (lactones) is 7. The molecule has 42 nitrogen and oxygen atoms in total. The summed E-state index contributed by atoms with van der Waals surface area (Å²) in [5.41, 5.74) is 0. The van der Waals surface area contributed by atoms with Crippen molar-refractivity contribution in [3.05, 3.63) is 0 Å². The quantitative estimate of drug-likeness (QED) is 0.0567. The zero-order valence-electron chi connectivity index (χ0n) is 42.9. The Kier molecular flexibility index (Phi) is 32.8. The molecule has 0 spiro atoms. The molecule has 0 radical (unpaired) electrons. The zero-order valence-corrected chi connectivity index (χ0v) is 42.9. The van der Waals surface area contributed by atoms with E-state index in [1.54, 1.807) is 0 Å². The summed E-state index contributed by atoms with van der Waals surface area (Å²) < 4.78 is 30.7. The molecule has 0 bridgehead atoms. The van der Waals surface area contributed by atoms with E-state index in [0.717, 1.165) is 0 Å². The summed E-state index contributed by atoms with van der Waals surface area (Å²) in [6, 6.07) is 0. The van der Waals surface area contributed by atoms with Gasteiger partial charge in [0.25, 0.3) is 0 Å². The Bertz CT molecular complexity index is 1660. The highest BCUT2D eigenvalue weighted by atomic mass is 16.6. The summed E-state index contributed by atoms with van der Waals surface area (Å²) in [4.78, 5) is 74.1. The number of hydrogen-bond acceptors (Lipinski definition) is 42. The molecule has 7 rings (SSSR count). The first kappa shape index (κ1) is 77.2. The Morgan fingerprint density at radius 3 is 0.345 bits per heavy atom. The van der Waals surface area contributed by atoms with E-state index >= 15 is 0 Å². The van der Waals surface area contributed by atoms with Gasteiger partial charge in [0, 0.05) is 0 Å². The molecule has 0 unspecified atom stereocenters. The third-order valence-electron chi connectivity index (χ3n) is 12.0. The van der Waals surface area contributed by atoms with Crippen LogP contribution in [0.1, 0.15) is 0 Å². The fourth-order valence-electron chi connectivity index (χ4n) is 7.02. The van der Waals surface area contributed by atoms with Crippen LogP contribution in [0, 0.1) is 0 Å². The van der Waals surface area contributed by atoms with Gasteiger partial charge >= 0.3 is 41.8 Å². The van der Waals surface area contributed by atoms with Gasteiger partial charge in [0.15, 0.2) is 85.5 Å². The van der Waals surface area contributed by atoms with Gasteiger partial charge in [-0.15, -0.1) is 0 Å². The highest BCUT2D eigenvalue weighted by Crippen LogP contribution is 2.24. The van der Waals surface area contributed by atoms with Crippen LogP contribution in [-0.2, 0) is 66.7 Å². The van der Waals surface area contributed by atoms with Crippen LogP contribution in [0.2, 0.25) is 0 Å². The Hall–Kier alpha value is -4.83. The minimum atomic E-state index is -1.63. The predicted octanol–water partition coefficient (Wildman–Crippen LogP) is -21.1. The number of carbonyl (C=O) groups is 7. The van der Waals surface area contributed by atoms with Crippen LogP contribution < -0.4 is 0 Å². The van der Waals surface area contributed by atoms with Crippen molar-refractivity contribution in [2.24, 2.45) is 0 Å². The maximum absolute atomic E-state index is 10.6. The van der Waals surface area contributed by atoms with Crippen molar-refractivity contribution in [3.8, 4) is 0 Å². The summed E-state index contributed by atoms with van der Waals surface area (Å²) in [6.45, 7) is -4.46. The van der Waals surface area contributed by atoms with Crippen LogP contribution in [-0.4, -0.2) is 402 Å². The predicted molar refractivity (Wildman–Crippen MR) is 245 cm³/mol. The molecule has 7 aliphatic heterocycles. The fourth-order valence-corrected chi connectivity index (χ4v) is 7.02. The number of ether oxygens (including phenoxy) is 7. The normalized spacial score (nSPS) is 38.0. The summed E-state index contributed by atoms with van der Waals surface area (Å²) in [5, 5.41) is 247. The molecule has 0 aliphatic carbocycles. The van der Waals surface area contributed by atoms with Gasteiger partial charge in [-0.3, -0.25) is 0 Å². The highest BCUT2D eigenvalue weighted by Gasteiger charge is 2.51. The van der Waals surface area contributed by atoms with Gasteiger partial charge in [0.1, 0.15) is 85.5 Å². The van der Waals surface area contributed by atoms with E-state index in [-0.39, 0.29) is 0 Å². The van der Waals surface area contributed by atoms with E-state index in [9.17, 15) is 33.6 Å². The average Bonchev–Trinajstić information content (AvgIpc) is 4.37. The van der Waals surface area contributed by atoms with E-state index < -0.39 is 259 Å². The van der Waals surface area contributed by atoms with Crippen molar-refractivity contribution in [2.75, 3.05) is 46.2 Å². The number of aliphatic hydroxyl groups is 28. The third-order valence-corrected chi connectivity index (χ3v) is 12.0. The van der Waals surface area contributed by atoms with Crippen LogP contribution in [0.5, 0.6) is 0 Å². The smallest absolute Gasteiger partial charge is 0.338 e. The Balaban J connectivity index is 0.000000490. The minimum absolute atomic E-state index is 0.637. The molecule has 7 aliphatic rings. The van der Waals surface area contributed by atoms with Crippen molar-refractivity contribution in [1.29, 1.82) is 0 Å². The highest BCUT2D eigenvalue weighted by molar-refractivity contribution is 5.80. The summed E-state index contributed by atoms with van der Waals surface area (Å²) in [6.07, 6.45) is -39.9. The maximum Gasteiger partial charge on any atom is 0.338 e. The Labute approximate surface area is 468 Å². The minimum Gasteiger partial charge on any atom is -0.455 e. The molecule has 7 saturated heterocycles. The molecular weight excluding hydrogens is 1180 g/mol. The molecular formula is C42H70O42. The van der Waals surface area contributed by atoms with E-state index in [4.69, 9.17) is 143 Å². The number of aliphatic hydroxyl groups excluding tert-OH is 28. The van der Waals surface area contributed by atoms with E-state index in [2.05, 4.69) is 33.2 Å². The van der Waals surface area contributed by atoms with Crippen LogP contribution >= 0.6 is 0 Å². The second-order valence-corrected chi connectivity index (χ2v) is 18.1. The van der Waals surface area contributed by atoms with Gasteiger partial charge in [-0.2, -0.15) is 0 Å². The lowest BCUT2D eigenvalue weighted by atomic mass is 10.1. The second-order valence-electron chi connectivity index (χ2n) is 18.1. The molecule has 0 saturated carbocycles. The van der Waals surface area contributed by atoms with Crippen molar-refractivity contribution in [2.45, 2.75) is 171 Å². The first-order valence-electron chi connectivity index (χ1n) is 24.0. The molecule has 84 heavy (non-hydrogen) atoms. The molecule has 28 atom stereocenters. The summed E-state index contributed by atoms with van der Waals surface area (Å²) >= 11 is 0. The number of hydrogen-bond donors (Lipinski definition) is 28. The molecule has 0 aromatic carbocycles. The lowest BCUT2D eigenvalue weighted by Gasteiger charge is -2.17. The van der Waals surface area contributed by atoms with Crippen molar-refractivity contribution >= 4 is 41.8 Å². The van der Waals surface area contributed by atoms with Gasteiger partial charge in [0.05, 0.1) is 46.2 Å². The zero-order chi connectivity index (χ0) is 65.1. The largest absolute Gasteiger partial charge is 0.455 e. The van der Waals surface area contributed by atoms with E-state index in [0.29, 0.717) is 0 Å². The van der Waals surface area contributed by atoms with Crippen molar-refractivity contribution < 1.29 is 210 Å². The van der Waals surface area contributed by atoms with Gasteiger partial charge in [-0.05, 0) is 0 Å². The van der Waals surface area contributed by atoms with Crippen LogP contribution in [0.3, 0.4) is 0 Å². The number of esters is 7. The second kappa shape index (κ2) is 35.7. The summed E-state index contributed by atoms with van der Waals surface area (Å²) in [5.74, 6) is -6.90. The number of carbonyl (C=O) groups excluding carboxylic acids is 7. The first-order valence-corrected chi connectivity index (χ1v) is 24.0. The van der Waals surface area contributed by atoms with Gasteiger partial charge in [0.2, 0.25) is 0 Å². The molecule has 0 aromatic rings. The van der Waals surface area contributed by atoms with Crippen LogP contribution in [0.4, 0.5) is 0 Å². The van der Waals surface area contributed by atoms with Crippen LogP contribution in [0.15, 0.2) is 0 Å². The fraction of sp³-hybridized carbons (Fsp3) is 0.833. The molecule has 28 N–H and O–H groups in total. The van der Waals surface area contributed by atoms with Crippen molar-refractivity contribution in [1.82, 2.24) is 0 Å². The summed E-state index contributed by atoms with van der Waals surface area (Å²) in [7, 11) is 0. The van der Waals surface area contributed by atoms with Crippen molar-refractivity contribution in [3.63, 3.8) is 0 Å². The molecule has 7 heterocycles. The molecule has 42 heteroatoms. The first-order chi connectivity index (χ1) is 39.0. The SMILES string of the molecule is O=C1O[C@@H]([C@H](O)CO)[C@@H](O)[C@@H]1O.O=C1O[C@@H]([C@H](O)CO)[C@@H](O)[C@H]1O.O=C1O[C@@H]([C@H](O)CO)[C@H](O)[C@H]1O.O=C1O[C@H]([C@H](O)CO)[C@@H](O)[C@@H]1O.O=C1O[C@H]([C@H](O)CO)[C@@H](O)[C@H]1O.O=C1O[C@H]([C@H](O)CO)[C@H](O)[C@@H]1O.O=C1O[C@H]([C@H](O)CO)[C@H](O)[C@H]1O. The van der Waals surface area contributed by atoms with E-state index in [1.807, 2.05) is 0 Å². The lowest BCUT2D eigenvalue weighted by Crippen LogP contribution is -2.40. The molecule has 7 fully saturated rings. The van der Waals surface area contributed by atoms with E-state index in [1.165, 1.54) is 0 Å². The average molecular weight is 1250 g/mol. The van der Waals surface area contributed by atoms with Crippen LogP contribution in [0.25, 0.3) is 0 Å². The monoisotopic (exact) mass is 1250 g/mol. The maximum atomic E-state index is 10.6. The molecule has 0 aromatic heterocycles. The molecule has 0 amide bonds. The third kappa shape index (κ3) is 20.1. The Morgan fingerprint density at radius 1 is 0.214 bits per heavy atom. The Morgan fingerprint density at radius 2 is 0.298 bits per heavy atom. The van der Waals surface area contributed by atoms with Gasteiger partial charge in [-0.25, -0.2) is 33.6 Å².